The number of aliphatic hydroxyl groups excluding tert-OH is 1. The van der Waals surface area contributed by atoms with Crippen molar-refractivity contribution in [2.45, 2.75) is 25.5 Å². The summed E-state index contributed by atoms with van der Waals surface area (Å²) < 4.78 is 0. The van der Waals surface area contributed by atoms with Gasteiger partial charge in [-0.3, -0.25) is 4.79 Å². The Labute approximate surface area is 94.8 Å². The number of carbonyl (C=O) groups is 1. The minimum Gasteiger partial charge on any atom is -0.392 e. The number of rotatable bonds is 3. The van der Waals surface area contributed by atoms with Crippen LogP contribution in [0.4, 0.5) is 0 Å². The van der Waals surface area contributed by atoms with E-state index in [0.29, 0.717) is 11.1 Å². The second kappa shape index (κ2) is 4.94. The molecule has 3 nitrogen and oxygen atoms in total. The highest BCUT2D eigenvalue weighted by atomic mass is 16.3. The number of amides is 1. The topological polar surface area (TPSA) is 49.3 Å². The van der Waals surface area contributed by atoms with E-state index in [1.54, 1.807) is 18.2 Å². The molecule has 1 aromatic carbocycles. The van der Waals surface area contributed by atoms with Gasteiger partial charge in [0, 0.05) is 11.6 Å². The molecule has 0 radical (unpaired) electrons. The quantitative estimate of drug-likeness (QED) is 0.756. The standard InChI is InChI=1S/C13H15NO2/c15-9-10-5-1-4-8-12(10)13(16)14-11-6-2-3-7-11/h1-2,4-6,8,11,15H,3,7,9H2,(H,14,16). The molecule has 3 heteroatoms. The highest BCUT2D eigenvalue weighted by molar-refractivity contribution is 5.95. The molecule has 0 aromatic heterocycles. The largest absolute Gasteiger partial charge is 0.392 e. The lowest BCUT2D eigenvalue weighted by atomic mass is 10.1. The van der Waals surface area contributed by atoms with Gasteiger partial charge in [-0.25, -0.2) is 0 Å². The number of carbonyl (C=O) groups excluding carboxylic acids is 1. The fourth-order valence-corrected chi connectivity index (χ4v) is 1.88. The van der Waals surface area contributed by atoms with Gasteiger partial charge in [0.1, 0.15) is 0 Å². The molecule has 0 bridgehead atoms. The SMILES string of the molecule is O=C(NC1C=CCC1)c1ccccc1CO. The lowest BCUT2D eigenvalue weighted by Crippen LogP contribution is -2.32. The van der Waals surface area contributed by atoms with E-state index in [-0.39, 0.29) is 18.6 Å². The van der Waals surface area contributed by atoms with E-state index in [4.69, 9.17) is 5.11 Å². The van der Waals surface area contributed by atoms with Gasteiger partial charge in [0.15, 0.2) is 0 Å². The van der Waals surface area contributed by atoms with Crippen LogP contribution in [0.2, 0.25) is 0 Å². The summed E-state index contributed by atoms with van der Waals surface area (Å²) in [4.78, 5) is 11.9. The summed E-state index contributed by atoms with van der Waals surface area (Å²) in [6.45, 7) is -0.107. The Kier molecular flexibility index (Phi) is 3.37. The van der Waals surface area contributed by atoms with Crippen LogP contribution in [0, 0.1) is 0 Å². The zero-order chi connectivity index (χ0) is 11.4. The summed E-state index contributed by atoms with van der Waals surface area (Å²) in [6.07, 6.45) is 6.07. The van der Waals surface area contributed by atoms with Crippen LogP contribution < -0.4 is 5.32 Å². The molecule has 0 saturated carbocycles. The van der Waals surface area contributed by atoms with Crippen LogP contribution in [-0.4, -0.2) is 17.1 Å². The molecule has 2 N–H and O–H groups in total. The monoisotopic (exact) mass is 217 g/mol. The maximum Gasteiger partial charge on any atom is 0.252 e. The Bertz CT molecular complexity index is 412. The van der Waals surface area contributed by atoms with E-state index in [9.17, 15) is 4.79 Å². The highest BCUT2D eigenvalue weighted by Gasteiger charge is 2.15. The summed E-state index contributed by atoms with van der Waals surface area (Å²) in [5.41, 5.74) is 1.23. The van der Waals surface area contributed by atoms with E-state index in [2.05, 4.69) is 11.4 Å². The van der Waals surface area contributed by atoms with Crippen LogP contribution in [0.25, 0.3) is 0 Å². The van der Waals surface area contributed by atoms with Crippen molar-refractivity contribution in [3.8, 4) is 0 Å². The Morgan fingerprint density at radius 1 is 1.44 bits per heavy atom. The predicted molar refractivity (Wildman–Crippen MR) is 62.0 cm³/mol. The number of nitrogens with one attached hydrogen (secondary N) is 1. The Hall–Kier alpha value is -1.61. The molecule has 1 aliphatic carbocycles. The lowest BCUT2D eigenvalue weighted by molar-refractivity contribution is 0.0941. The molecule has 0 saturated heterocycles. The summed E-state index contributed by atoms with van der Waals surface area (Å²) in [5.74, 6) is -0.110. The van der Waals surface area contributed by atoms with Gasteiger partial charge >= 0.3 is 0 Å². The van der Waals surface area contributed by atoms with Crippen LogP contribution in [0.3, 0.4) is 0 Å². The van der Waals surface area contributed by atoms with Gasteiger partial charge in [-0.1, -0.05) is 30.4 Å². The fraction of sp³-hybridized carbons (Fsp3) is 0.308. The van der Waals surface area contributed by atoms with E-state index in [0.717, 1.165) is 12.8 Å². The number of allylic oxidation sites excluding steroid dienone is 1. The summed E-state index contributed by atoms with van der Waals surface area (Å²) in [5, 5.41) is 12.1. The lowest BCUT2D eigenvalue weighted by Gasteiger charge is -2.12. The number of benzene rings is 1. The zero-order valence-electron chi connectivity index (χ0n) is 9.02. The minimum atomic E-state index is -0.110. The summed E-state index contributed by atoms with van der Waals surface area (Å²) in [7, 11) is 0. The van der Waals surface area contributed by atoms with Crippen LogP contribution in [0.15, 0.2) is 36.4 Å². The fourth-order valence-electron chi connectivity index (χ4n) is 1.88. The van der Waals surface area contributed by atoms with Gasteiger partial charge in [-0.05, 0) is 24.5 Å². The maximum absolute atomic E-state index is 11.9. The molecule has 0 aliphatic heterocycles. The highest BCUT2D eigenvalue weighted by Crippen LogP contribution is 2.12. The first-order valence-electron chi connectivity index (χ1n) is 5.47. The second-order valence-corrected chi connectivity index (χ2v) is 3.90. The first kappa shape index (κ1) is 10.9. The van der Waals surface area contributed by atoms with Gasteiger partial charge in [-0.15, -0.1) is 0 Å². The molecule has 1 aromatic rings. The van der Waals surface area contributed by atoms with Gasteiger partial charge in [0.05, 0.1) is 6.61 Å². The predicted octanol–water partition coefficient (Wildman–Crippen LogP) is 1.63. The number of aliphatic hydroxyl groups is 1. The molecule has 1 atom stereocenters. The van der Waals surface area contributed by atoms with Crippen molar-refractivity contribution < 1.29 is 9.90 Å². The number of hydrogen-bond acceptors (Lipinski definition) is 2. The molecule has 1 unspecified atom stereocenters. The third kappa shape index (κ3) is 2.31. The van der Waals surface area contributed by atoms with Crippen molar-refractivity contribution in [2.24, 2.45) is 0 Å². The van der Waals surface area contributed by atoms with E-state index < -0.39 is 0 Å². The normalized spacial score (nSPS) is 18.7. The Morgan fingerprint density at radius 3 is 2.94 bits per heavy atom. The molecule has 0 spiro atoms. The molecule has 2 rings (SSSR count). The first-order valence-corrected chi connectivity index (χ1v) is 5.47. The van der Waals surface area contributed by atoms with Gasteiger partial charge < -0.3 is 10.4 Å². The second-order valence-electron chi connectivity index (χ2n) is 3.90. The Morgan fingerprint density at radius 2 is 2.25 bits per heavy atom. The van der Waals surface area contributed by atoms with Crippen molar-refractivity contribution in [2.75, 3.05) is 0 Å². The van der Waals surface area contributed by atoms with Gasteiger partial charge in [0.25, 0.3) is 5.91 Å². The van der Waals surface area contributed by atoms with Crippen molar-refractivity contribution in [3.63, 3.8) is 0 Å². The molecular formula is C13H15NO2. The molecule has 0 fully saturated rings. The third-order valence-corrected chi connectivity index (χ3v) is 2.76. The molecule has 1 amide bonds. The summed E-state index contributed by atoms with van der Waals surface area (Å²) in [6, 6.07) is 7.26. The zero-order valence-corrected chi connectivity index (χ0v) is 9.02. The van der Waals surface area contributed by atoms with Crippen molar-refractivity contribution >= 4 is 5.91 Å². The van der Waals surface area contributed by atoms with Crippen LogP contribution in [0.1, 0.15) is 28.8 Å². The molecule has 0 heterocycles. The van der Waals surface area contributed by atoms with Gasteiger partial charge in [0.2, 0.25) is 0 Å². The van der Waals surface area contributed by atoms with E-state index >= 15 is 0 Å². The van der Waals surface area contributed by atoms with Crippen molar-refractivity contribution in [1.82, 2.24) is 5.32 Å². The number of hydrogen-bond donors (Lipinski definition) is 2. The Balaban J connectivity index is 2.10. The molecule has 1 aliphatic rings. The molecule has 16 heavy (non-hydrogen) atoms. The van der Waals surface area contributed by atoms with Crippen molar-refractivity contribution in [3.05, 3.63) is 47.5 Å². The van der Waals surface area contributed by atoms with Crippen LogP contribution >= 0.6 is 0 Å². The van der Waals surface area contributed by atoms with Crippen molar-refractivity contribution in [1.29, 1.82) is 0 Å². The molecular weight excluding hydrogens is 202 g/mol. The van der Waals surface area contributed by atoms with Crippen LogP contribution in [-0.2, 0) is 6.61 Å². The molecule has 84 valence electrons. The maximum atomic E-state index is 11.9. The summed E-state index contributed by atoms with van der Waals surface area (Å²) >= 11 is 0. The third-order valence-electron chi connectivity index (χ3n) is 2.76. The van der Waals surface area contributed by atoms with E-state index in [1.807, 2.05) is 12.1 Å². The average Bonchev–Trinajstić information content (AvgIpc) is 2.81. The average molecular weight is 217 g/mol. The minimum absolute atomic E-state index is 0.107. The first-order chi connectivity index (χ1) is 7.81. The smallest absolute Gasteiger partial charge is 0.252 e. The van der Waals surface area contributed by atoms with Crippen LogP contribution in [0.5, 0.6) is 0 Å². The van der Waals surface area contributed by atoms with E-state index in [1.165, 1.54) is 0 Å². The van der Waals surface area contributed by atoms with Gasteiger partial charge in [-0.2, -0.15) is 0 Å².